The summed E-state index contributed by atoms with van der Waals surface area (Å²) in [6, 6.07) is 0. The molecule has 3 rings (SSSR count). The molecule has 0 aromatic rings. The van der Waals surface area contributed by atoms with E-state index < -0.39 is 0 Å². The van der Waals surface area contributed by atoms with Crippen molar-refractivity contribution in [2.24, 2.45) is 11.8 Å². The number of carbonyl (C=O) groups is 2. The van der Waals surface area contributed by atoms with Gasteiger partial charge in [-0.1, -0.05) is 37.3 Å². The highest BCUT2D eigenvalue weighted by Gasteiger charge is 2.27. The van der Waals surface area contributed by atoms with Crippen molar-refractivity contribution in [2.75, 3.05) is 19.6 Å². The third-order valence-corrected chi connectivity index (χ3v) is 6.08. The number of allylic oxidation sites excluding steroid dienone is 1. The zero-order chi connectivity index (χ0) is 16.8. The average molecular weight is 332 g/mol. The van der Waals surface area contributed by atoms with Crippen LogP contribution in [-0.4, -0.2) is 36.3 Å². The smallest absolute Gasteiger partial charge is 0.224 e. The van der Waals surface area contributed by atoms with Crippen molar-refractivity contribution in [1.82, 2.24) is 10.2 Å². The van der Waals surface area contributed by atoms with E-state index in [0.29, 0.717) is 19.4 Å². The molecule has 0 spiro atoms. The van der Waals surface area contributed by atoms with Gasteiger partial charge in [-0.15, -0.1) is 0 Å². The summed E-state index contributed by atoms with van der Waals surface area (Å²) >= 11 is 0. The standard InChI is InChI=1S/C20H32N2O2/c23-19(10-9-16-5-1-2-6-16)21-13-11-20(24)22-14-12-17-7-3-4-8-18(17)15-22/h8,16-17H,1-7,9-15H2,(H,21,23). The summed E-state index contributed by atoms with van der Waals surface area (Å²) in [6.45, 7) is 2.19. The van der Waals surface area contributed by atoms with Gasteiger partial charge in [-0.25, -0.2) is 0 Å². The maximum Gasteiger partial charge on any atom is 0.224 e. The molecule has 2 aliphatic carbocycles. The summed E-state index contributed by atoms with van der Waals surface area (Å²) in [5.41, 5.74) is 1.47. The van der Waals surface area contributed by atoms with Crippen LogP contribution in [0, 0.1) is 11.8 Å². The molecule has 4 heteroatoms. The molecule has 3 aliphatic rings. The van der Waals surface area contributed by atoms with Crippen LogP contribution in [0.1, 0.15) is 70.6 Å². The minimum atomic E-state index is 0.114. The number of hydrogen-bond donors (Lipinski definition) is 1. The minimum absolute atomic E-state index is 0.114. The zero-order valence-corrected chi connectivity index (χ0v) is 14.9. The molecular formula is C20H32N2O2. The first-order valence-corrected chi connectivity index (χ1v) is 9.96. The Morgan fingerprint density at radius 1 is 1.08 bits per heavy atom. The highest BCUT2D eigenvalue weighted by Crippen LogP contribution is 2.32. The predicted octanol–water partition coefficient (Wildman–Crippen LogP) is 3.42. The third kappa shape index (κ3) is 4.84. The Bertz CT molecular complexity index is 480. The SMILES string of the molecule is O=C(CCC1CCCC1)NCCC(=O)N1CCC2CCCC=C2C1. The lowest BCUT2D eigenvalue weighted by molar-refractivity contribution is -0.131. The van der Waals surface area contributed by atoms with E-state index in [-0.39, 0.29) is 11.8 Å². The Morgan fingerprint density at radius 2 is 1.92 bits per heavy atom. The van der Waals surface area contributed by atoms with Gasteiger partial charge in [0.05, 0.1) is 0 Å². The summed E-state index contributed by atoms with van der Waals surface area (Å²) in [7, 11) is 0. The number of piperidine rings is 1. The Labute approximate surface area is 146 Å². The van der Waals surface area contributed by atoms with Crippen LogP contribution in [-0.2, 0) is 9.59 Å². The second-order valence-electron chi connectivity index (χ2n) is 7.80. The molecule has 1 heterocycles. The number of likely N-dealkylation sites (tertiary alicyclic amines) is 1. The van der Waals surface area contributed by atoms with E-state index in [4.69, 9.17) is 0 Å². The summed E-state index contributed by atoms with van der Waals surface area (Å²) in [4.78, 5) is 26.3. The van der Waals surface area contributed by atoms with Crippen molar-refractivity contribution in [3.8, 4) is 0 Å². The number of carbonyl (C=O) groups excluding carboxylic acids is 2. The molecule has 24 heavy (non-hydrogen) atoms. The quantitative estimate of drug-likeness (QED) is 0.758. The molecule has 1 unspecified atom stereocenters. The Hall–Kier alpha value is -1.32. The molecule has 1 N–H and O–H groups in total. The van der Waals surface area contributed by atoms with Gasteiger partial charge < -0.3 is 10.2 Å². The van der Waals surface area contributed by atoms with E-state index in [9.17, 15) is 9.59 Å². The first-order chi connectivity index (χ1) is 11.7. The molecule has 0 aromatic carbocycles. The van der Waals surface area contributed by atoms with Crippen LogP contribution in [0.4, 0.5) is 0 Å². The zero-order valence-electron chi connectivity index (χ0n) is 14.9. The van der Waals surface area contributed by atoms with Crippen molar-refractivity contribution >= 4 is 11.8 Å². The van der Waals surface area contributed by atoms with Crippen molar-refractivity contribution in [1.29, 1.82) is 0 Å². The molecule has 1 atom stereocenters. The maximum atomic E-state index is 12.4. The highest BCUT2D eigenvalue weighted by molar-refractivity contribution is 5.79. The monoisotopic (exact) mass is 332 g/mol. The molecular weight excluding hydrogens is 300 g/mol. The van der Waals surface area contributed by atoms with Crippen LogP contribution in [0.5, 0.6) is 0 Å². The number of hydrogen-bond acceptors (Lipinski definition) is 2. The second kappa shape index (κ2) is 8.68. The number of rotatable bonds is 6. The van der Waals surface area contributed by atoms with E-state index in [1.54, 1.807) is 0 Å². The van der Waals surface area contributed by atoms with Gasteiger partial charge in [0.15, 0.2) is 0 Å². The minimum Gasteiger partial charge on any atom is -0.356 e. The van der Waals surface area contributed by atoms with Gasteiger partial charge in [-0.05, 0) is 43.9 Å². The van der Waals surface area contributed by atoms with Gasteiger partial charge in [0.1, 0.15) is 0 Å². The van der Waals surface area contributed by atoms with Crippen molar-refractivity contribution in [3.63, 3.8) is 0 Å². The van der Waals surface area contributed by atoms with Crippen molar-refractivity contribution < 1.29 is 9.59 Å². The summed E-state index contributed by atoms with van der Waals surface area (Å²) in [5, 5.41) is 2.93. The van der Waals surface area contributed by atoms with Crippen molar-refractivity contribution in [3.05, 3.63) is 11.6 Å². The predicted molar refractivity (Wildman–Crippen MR) is 95.4 cm³/mol. The summed E-state index contributed by atoms with van der Waals surface area (Å²) < 4.78 is 0. The Balaban J connectivity index is 1.32. The maximum absolute atomic E-state index is 12.4. The van der Waals surface area contributed by atoms with Gasteiger partial charge >= 0.3 is 0 Å². The van der Waals surface area contributed by atoms with Gasteiger partial charge in [0.2, 0.25) is 11.8 Å². The normalized spacial score (nSPS) is 24.4. The van der Waals surface area contributed by atoms with E-state index in [0.717, 1.165) is 37.8 Å². The lowest BCUT2D eigenvalue weighted by Gasteiger charge is -2.36. The van der Waals surface area contributed by atoms with Crippen molar-refractivity contribution in [2.45, 2.75) is 70.6 Å². The molecule has 134 valence electrons. The van der Waals surface area contributed by atoms with E-state index in [1.807, 2.05) is 4.90 Å². The first kappa shape index (κ1) is 17.5. The molecule has 1 aliphatic heterocycles. The van der Waals surface area contributed by atoms with E-state index >= 15 is 0 Å². The molecule has 0 bridgehead atoms. The first-order valence-electron chi connectivity index (χ1n) is 9.96. The topological polar surface area (TPSA) is 49.4 Å². The number of nitrogens with zero attached hydrogens (tertiary/aromatic N) is 1. The van der Waals surface area contributed by atoms with Gasteiger partial charge in [-0.2, -0.15) is 0 Å². The number of fused-ring (bicyclic) bond motifs is 1. The fraction of sp³-hybridized carbons (Fsp3) is 0.800. The van der Waals surface area contributed by atoms with Crippen LogP contribution in [0.3, 0.4) is 0 Å². The fourth-order valence-electron chi connectivity index (χ4n) is 4.54. The molecule has 0 aromatic heterocycles. The lowest BCUT2D eigenvalue weighted by atomic mass is 9.82. The summed E-state index contributed by atoms with van der Waals surface area (Å²) in [6.07, 6.45) is 14.5. The van der Waals surface area contributed by atoms with Gasteiger partial charge in [-0.3, -0.25) is 9.59 Å². The molecule has 4 nitrogen and oxygen atoms in total. The average Bonchev–Trinajstić information content (AvgIpc) is 3.13. The molecule has 1 saturated carbocycles. The lowest BCUT2D eigenvalue weighted by Crippen LogP contribution is -2.41. The fourth-order valence-corrected chi connectivity index (χ4v) is 4.54. The largest absolute Gasteiger partial charge is 0.356 e. The van der Waals surface area contributed by atoms with Crippen LogP contribution in [0.2, 0.25) is 0 Å². The van der Waals surface area contributed by atoms with Crippen LogP contribution < -0.4 is 5.32 Å². The van der Waals surface area contributed by atoms with E-state index in [2.05, 4.69) is 11.4 Å². The Morgan fingerprint density at radius 3 is 2.75 bits per heavy atom. The summed E-state index contributed by atoms with van der Waals surface area (Å²) in [5.74, 6) is 1.78. The molecule has 2 fully saturated rings. The number of amides is 2. The van der Waals surface area contributed by atoms with Gasteiger partial charge in [0, 0.05) is 32.5 Å². The van der Waals surface area contributed by atoms with E-state index in [1.165, 1.54) is 50.5 Å². The third-order valence-electron chi connectivity index (χ3n) is 6.08. The molecule has 2 amide bonds. The second-order valence-corrected chi connectivity index (χ2v) is 7.80. The highest BCUT2D eigenvalue weighted by atomic mass is 16.2. The van der Waals surface area contributed by atoms with Crippen LogP contribution in [0.25, 0.3) is 0 Å². The molecule has 0 radical (unpaired) electrons. The van der Waals surface area contributed by atoms with Crippen LogP contribution in [0.15, 0.2) is 11.6 Å². The Kier molecular flexibility index (Phi) is 6.33. The molecule has 1 saturated heterocycles. The number of nitrogens with one attached hydrogen (secondary N) is 1. The van der Waals surface area contributed by atoms with Crippen LogP contribution >= 0.6 is 0 Å². The van der Waals surface area contributed by atoms with Gasteiger partial charge in [0.25, 0.3) is 0 Å².